The van der Waals surface area contributed by atoms with Gasteiger partial charge in [0.2, 0.25) is 0 Å². The molecule has 0 aromatic heterocycles. The van der Waals surface area contributed by atoms with Crippen LogP contribution in [-0.2, 0) is 4.79 Å². The molecule has 3 fully saturated rings. The van der Waals surface area contributed by atoms with Gasteiger partial charge in [-0.1, -0.05) is 59.0 Å². The Kier molecular flexibility index (Phi) is 5.96. The Morgan fingerprint density at radius 3 is 2.57 bits per heavy atom. The minimum Gasteiger partial charge on any atom is -0.411 e. The van der Waals surface area contributed by atoms with Crippen molar-refractivity contribution in [3.05, 3.63) is 11.6 Å². The summed E-state index contributed by atoms with van der Waals surface area (Å²) in [5.41, 5.74) is 2.05. The van der Waals surface area contributed by atoms with Gasteiger partial charge < -0.3 is 5.21 Å². The van der Waals surface area contributed by atoms with E-state index in [0.717, 1.165) is 42.6 Å². The molecule has 4 aliphatic carbocycles. The molecule has 3 saturated carbocycles. The van der Waals surface area contributed by atoms with E-state index in [0.29, 0.717) is 34.7 Å². The van der Waals surface area contributed by atoms with E-state index in [-0.39, 0.29) is 5.41 Å². The lowest BCUT2D eigenvalue weighted by molar-refractivity contribution is -0.128. The lowest BCUT2D eigenvalue weighted by Gasteiger charge is -2.58. The predicted octanol–water partition coefficient (Wildman–Crippen LogP) is 7.04. The van der Waals surface area contributed by atoms with Gasteiger partial charge in [0.15, 0.2) is 5.78 Å². The standard InChI is InChI=1S/C27H43NO2/c1-17(2)7-6-8-18(3)21-9-10-22-20-16-25(29)24-15-19(28-30)11-13-27(24,5)23(20)12-14-26(21,22)4/h15,17-18,20-23,30H,6-14,16H2,1-5H3/b28-19+/t18-,20-,21+,22+,23-,26-,27+/m1/s1. The number of carbonyl (C=O) groups is 1. The second-order valence-electron chi connectivity index (χ2n) is 12.1. The number of carbonyl (C=O) groups excluding carboxylic acids is 1. The van der Waals surface area contributed by atoms with E-state index in [1.165, 1.54) is 44.9 Å². The van der Waals surface area contributed by atoms with Crippen molar-refractivity contribution in [2.24, 2.45) is 51.5 Å². The molecule has 0 unspecified atom stereocenters. The van der Waals surface area contributed by atoms with Crippen molar-refractivity contribution in [3.8, 4) is 0 Å². The highest BCUT2D eigenvalue weighted by molar-refractivity contribution is 6.07. The first kappa shape index (κ1) is 22.1. The summed E-state index contributed by atoms with van der Waals surface area (Å²) in [4.78, 5) is 13.3. The Bertz CT molecular complexity index is 737. The van der Waals surface area contributed by atoms with Crippen molar-refractivity contribution in [1.82, 2.24) is 0 Å². The molecule has 0 spiro atoms. The molecule has 0 saturated heterocycles. The molecule has 0 radical (unpaired) electrons. The Morgan fingerprint density at radius 1 is 1.10 bits per heavy atom. The number of fused-ring (bicyclic) bond motifs is 5. The molecule has 30 heavy (non-hydrogen) atoms. The summed E-state index contributed by atoms with van der Waals surface area (Å²) in [5.74, 6) is 4.66. The fraction of sp³-hybridized carbons (Fsp3) is 0.852. The summed E-state index contributed by atoms with van der Waals surface area (Å²) in [6, 6.07) is 0. The van der Waals surface area contributed by atoms with E-state index in [1.54, 1.807) is 0 Å². The van der Waals surface area contributed by atoms with E-state index in [2.05, 4.69) is 39.8 Å². The summed E-state index contributed by atoms with van der Waals surface area (Å²) in [7, 11) is 0. The van der Waals surface area contributed by atoms with Crippen LogP contribution in [0.25, 0.3) is 0 Å². The van der Waals surface area contributed by atoms with E-state index in [1.807, 2.05) is 6.08 Å². The lowest BCUT2D eigenvalue weighted by Crippen LogP contribution is -2.53. The first-order chi connectivity index (χ1) is 14.2. The van der Waals surface area contributed by atoms with Crippen molar-refractivity contribution in [2.45, 2.75) is 98.8 Å². The number of Topliss-reactive ketones (excluding diaryl/α,β-unsaturated/α-hetero) is 1. The molecule has 7 atom stereocenters. The lowest BCUT2D eigenvalue weighted by atomic mass is 9.46. The highest BCUT2D eigenvalue weighted by Crippen LogP contribution is 2.67. The van der Waals surface area contributed by atoms with Crippen molar-refractivity contribution in [1.29, 1.82) is 0 Å². The molecule has 3 heteroatoms. The maximum atomic E-state index is 13.3. The number of allylic oxidation sites excluding steroid dienone is 2. The molecule has 3 nitrogen and oxygen atoms in total. The highest BCUT2D eigenvalue weighted by Gasteiger charge is 2.60. The summed E-state index contributed by atoms with van der Waals surface area (Å²) in [6.07, 6.45) is 13.8. The minimum absolute atomic E-state index is 0.0174. The van der Waals surface area contributed by atoms with Gasteiger partial charge in [-0.3, -0.25) is 4.79 Å². The van der Waals surface area contributed by atoms with Crippen molar-refractivity contribution < 1.29 is 10.0 Å². The van der Waals surface area contributed by atoms with Gasteiger partial charge in [0.25, 0.3) is 0 Å². The molecule has 4 rings (SSSR count). The van der Waals surface area contributed by atoms with E-state index >= 15 is 0 Å². The third kappa shape index (κ3) is 3.48. The van der Waals surface area contributed by atoms with E-state index in [4.69, 9.17) is 0 Å². The first-order valence-corrected chi connectivity index (χ1v) is 12.7. The molecule has 0 aliphatic heterocycles. The number of rotatable bonds is 5. The van der Waals surface area contributed by atoms with Crippen LogP contribution in [0.15, 0.2) is 16.8 Å². The van der Waals surface area contributed by atoms with E-state index < -0.39 is 0 Å². The van der Waals surface area contributed by atoms with Gasteiger partial charge in [-0.15, -0.1) is 0 Å². The third-order valence-corrected chi connectivity index (χ3v) is 10.1. The summed E-state index contributed by atoms with van der Waals surface area (Å²) >= 11 is 0. The van der Waals surface area contributed by atoms with Crippen LogP contribution in [-0.4, -0.2) is 16.7 Å². The molecule has 168 valence electrons. The summed E-state index contributed by atoms with van der Waals surface area (Å²) in [6.45, 7) is 12.1. The Balaban J connectivity index is 1.54. The number of oxime groups is 1. The topological polar surface area (TPSA) is 49.7 Å². The van der Waals surface area contributed by atoms with Gasteiger partial charge in [0.1, 0.15) is 0 Å². The van der Waals surface area contributed by atoms with Gasteiger partial charge in [-0.25, -0.2) is 0 Å². The molecule has 0 aromatic carbocycles. The zero-order chi connectivity index (χ0) is 21.7. The van der Waals surface area contributed by atoms with Crippen LogP contribution in [0, 0.1) is 46.3 Å². The Hall–Kier alpha value is -1.12. The monoisotopic (exact) mass is 413 g/mol. The van der Waals surface area contributed by atoms with Gasteiger partial charge in [0.05, 0.1) is 5.71 Å². The van der Waals surface area contributed by atoms with Crippen LogP contribution >= 0.6 is 0 Å². The zero-order valence-electron chi connectivity index (χ0n) is 19.9. The first-order valence-electron chi connectivity index (χ1n) is 12.7. The maximum Gasteiger partial charge on any atom is 0.159 e. The van der Waals surface area contributed by atoms with Crippen LogP contribution < -0.4 is 0 Å². The van der Waals surface area contributed by atoms with Crippen LogP contribution in [0.3, 0.4) is 0 Å². The van der Waals surface area contributed by atoms with Gasteiger partial charge >= 0.3 is 0 Å². The van der Waals surface area contributed by atoms with Crippen LogP contribution in [0.1, 0.15) is 98.8 Å². The molecule has 0 amide bonds. The van der Waals surface area contributed by atoms with Gasteiger partial charge in [-0.2, -0.15) is 0 Å². The molecule has 4 aliphatic rings. The number of ketones is 1. The SMILES string of the molecule is CC(C)CCC[C@@H](C)[C@@H]1CC[C@H]2[C@H]3CC(=O)C4=C/C(=N/O)CC[C@@]4(C)[C@@H]3CC[C@@]21C. The Morgan fingerprint density at radius 2 is 1.87 bits per heavy atom. The molecule has 1 N–H and O–H groups in total. The zero-order valence-corrected chi connectivity index (χ0v) is 19.9. The van der Waals surface area contributed by atoms with Crippen molar-refractivity contribution >= 4 is 11.5 Å². The minimum atomic E-state index is -0.0174. The fourth-order valence-corrected chi connectivity index (χ4v) is 8.50. The molecule has 0 bridgehead atoms. The largest absolute Gasteiger partial charge is 0.411 e. The fourth-order valence-electron chi connectivity index (χ4n) is 8.50. The quantitative estimate of drug-likeness (QED) is 0.388. The number of hydrogen-bond acceptors (Lipinski definition) is 3. The summed E-state index contributed by atoms with van der Waals surface area (Å²) < 4.78 is 0. The number of hydrogen-bond donors (Lipinski definition) is 1. The number of nitrogens with zero attached hydrogens (tertiary/aromatic N) is 1. The second kappa shape index (κ2) is 8.10. The van der Waals surface area contributed by atoms with Crippen LogP contribution in [0.5, 0.6) is 0 Å². The second-order valence-corrected chi connectivity index (χ2v) is 12.1. The smallest absolute Gasteiger partial charge is 0.159 e. The normalized spacial score (nSPS) is 43.2. The van der Waals surface area contributed by atoms with Crippen molar-refractivity contribution in [2.75, 3.05) is 0 Å². The van der Waals surface area contributed by atoms with Gasteiger partial charge in [-0.05, 0) is 90.9 Å². The van der Waals surface area contributed by atoms with E-state index in [9.17, 15) is 10.0 Å². The molecular formula is C27H43NO2. The predicted molar refractivity (Wildman–Crippen MR) is 123 cm³/mol. The molecule has 0 heterocycles. The Labute approximate surface area is 183 Å². The van der Waals surface area contributed by atoms with Gasteiger partial charge in [0, 0.05) is 12.0 Å². The highest BCUT2D eigenvalue weighted by atomic mass is 16.4. The molecule has 0 aromatic rings. The third-order valence-electron chi connectivity index (χ3n) is 10.1. The van der Waals surface area contributed by atoms with Crippen LogP contribution in [0.4, 0.5) is 0 Å². The van der Waals surface area contributed by atoms with Crippen molar-refractivity contribution in [3.63, 3.8) is 0 Å². The average molecular weight is 414 g/mol. The summed E-state index contributed by atoms with van der Waals surface area (Å²) in [5, 5.41) is 12.7. The average Bonchev–Trinajstić information content (AvgIpc) is 3.05. The maximum absolute atomic E-state index is 13.3. The van der Waals surface area contributed by atoms with Crippen LogP contribution in [0.2, 0.25) is 0 Å². The molecular weight excluding hydrogens is 370 g/mol.